The lowest BCUT2D eigenvalue weighted by molar-refractivity contribution is -0.296. The molecule has 0 aromatic carbocycles. The molecule has 0 aromatic heterocycles. The number of fused-ring (bicyclic) bond motifs is 2. The molecule has 0 aromatic rings. The topological polar surface area (TPSA) is 18.5 Å². The second-order valence-corrected chi connectivity index (χ2v) is 4.41. The quantitative estimate of drug-likeness (QED) is 0.462. The molecule has 11 heavy (non-hydrogen) atoms. The fourth-order valence-corrected chi connectivity index (χ4v) is 2.48. The van der Waals surface area contributed by atoms with Crippen LogP contribution in [0.5, 0.6) is 0 Å². The SMILES string of the molecule is BrC1[C@@H]2CCCCC[C@H]1OO2. The molecular weight excluding hydrogens is 208 g/mol. The van der Waals surface area contributed by atoms with Crippen LogP contribution in [0.4, 0.5) is 0 Å². The summed E-state index contributed by atoms with van der Waals surface area (Å²) in [7, 11) is 0. The van der Waals surface area contributed by atoms with Crippen LogP contribution < -0.4 is 0 Å². The Bertz CT molecular complexity index is 126. The first-order valence-corrected chi connectivity index (χ1v) is 5.26. The molecule has 1 saturated heterocycles. The maximum atomic E-state index is 5.20. The molecule has 2 rings (SSSR count). The Morgan fingerprint density at radius 2 is 1.45 bits per heavy atom. The molecule has 64 valence electrons. The second kappa shape index (κ2) is 3.42. The Hall–Kier alpha value is 0.400. The zero-order valence-corrected chi connectivity index (χ0v) is 8.05. The third-order valence-corrected chi connectivity index (χ3v) is 3.67. The summed E-state index contributed by atoms with van der Waals surface area (Å²) >= 11 is 3.62. The van der Waals surface area contributed by atoms with Gasteiger partial charge in [0.2, 0.25) is 0 Å². The number of alkyl halides is 1. The predicted molar refractivity (Wildman–Crippen MR) is 45.5 cm³/mol. The lowest BCUT2D eigenvalue weighted by Crippen LogP contribution is -2.25. The van der Waals surface area contributed by atoms with Gasteiger partial charge < -0.3 is 0 Å². The maximum absolute atomic E-state index is 5.20. The number of hydrogen-bond acceptors (Lipinski definition) is 2. The van der Waals surface area contributed by atoms with Crippen LogP contribution in [0.1, 0.15) is 32.1 Å². The van der Waals surface area contributed by atoms with Crippen LogP contribution >= 0.6 is 15.9 Å². The maximum Gasteiger partial charge on any atom is 0.108 e. The van der Waals surface area contributed by atoms with E-state index < -0.39 is 0 Å². The highest BCUT2D eigenvalue weighted by Gasteiger charge is 2.37. The predicted octanol–water partition coefficient (Wildman–Crippen LogP) is 2.41. The van der Waals surface area contributed by atoms with Crippen molar-refractivity contribution in [1.82, 2.24) is 0 Å². The van der Waals surface area contributed by atoms with Gasteiger partial charge in [-0.3, -0.25) is 0 Å². The summed E-state index contributed by atoms with van der Waals surface area (Å²) in [5, 5.41) is 0. The van der Waals surface area contributed by atoms with Crippen LogP contribution in [0.15, 0.2) is 0 Å². The molecule has 2 aliphatic rings. The summed E-state index contributed by atoms with van der Waals surface area (Å²) in [6.07, 6.45) is 6.80. The molecule has 1 unspecified atom stereocenters. The van der Waals surface area contributed by atoms with Gasteiger partial charge in [-0.2, -0.15) is 0 Å². The molecule has 1 aliphatic heterocycles. The van der Waals surface area contributed by atoms with Crippen molar-refractivity contribution in [1.29, 1.82) is 0 Å². The van der Waals surface area contributed by atoms with Gasteiger partial charge in [0, 0.05) is 0 Å². The van der Waals surface area contributed by atoms with E-state index in [2.05, 4.69) is 15.9 Å². The van der Waals surface area contributed by atoms with Gasteiger partial charge >= 0.3 is 0 Å². The first-order valence-electron chi connectivity index (χ1n) is 4.34. The second-order valence-electron chi connectivity index (χ2n) is 3.35. The van der Waals surface area contributed by atoms with Crippen molar-refractivity contribution >= 4 is 15.9 Å². The lowest BCUT2D eigenvalue weighted by Gasteiger charge is -2.16. The van der Waals surface area contributed by atoms with E-state index in [4.69, 9.17) is 9.78 Å². The lowest BCUT2D eigenvalue weighted by atomic mass is 9.97. The molecule has 1 aliphatic carbocycles. The van der Waals surface area contributed by atoms with Crippen LogP contribution in [-0.4, -0.2) is 17.0 Å². The van der Waals surface area contributed by atoms with Crippen LogP contribution in [0, 0.1) is 0 Å². The molecule has 2 nitrogen and oxygen atoms in total. The monoisotopic (exact) mass is 220 g/mol. The first-order chi connectivity index (χ1) is 5.38. The Balaban J connectivity index is 2.01. The number of halogens is 1. The van der Waals surface area contributed by atoms with Gasteiger partial charge in [-0.1, -0.05) is 35.2 Å². The van der Waals surface area contributed by atoms with Crippen LogP contribution in [0.3, 0.4) is 0 Å². The third-order valence-electron chi connectivity index (χ3n) is 2.49. The minimum absolute atomic E-state index is 0.306. The summed E-state index contributed by atoms with van der Waals surface area (Å²) in [5.74, 6) is 0. The van der Waals surface area contributed by atoms with E-state index in [1.54, 1.807) is 0 Å². The van der Waals surface area contributed by atoms with Crippen molar-refractivity contribution in [2.24, 2.45) is 0 Å². The normalized spacial score (nSPS) is 45.0. The standard InChI is InChI=1S/C8H13BrO2/c9-8-6-4-2-1-3-5-7(8)11-10-6/h6-8H,1-5H2/t6-,7+,8?. The summed E-state index contributed by atoms with van der Waals surface area (Å²) in [6.45, 7) is 0. The zero-order chi connectivity index (χ0) is 7.68. The summed E-state index contributed by atoms with van der Waals surface area (Å²) in [5.41, 5.74) is 0. The molecule has 1 saturated carbocycles. The minimum Gasteiger partial charge on any atom is -0.232 e. The van der Waals surface area contributed by atoms with Crippen LogP contribution in [0.2, 0.25) is 0 Å². The van der Waals surface area contributed by atoms with Gasteiger partial charge in [-0.25, -0.2) is 9.78 Å². The van der Waals surface area contributed by atoms with Crippen LogP contribution in [0.25, 0.3) is 0 Å². The molecule has 1 heterocycles. The Morgan fingerprint density at radius 1 is 0.909 bits per heavy atom. The summed E-state index contributed by atoms with van der Waals surface area (Å²) < 4.78 is 0. The van der Waals surface area contributed by atoms with E-state index in [1.807, 2.05) is 0 Å². The Labute approximate surface area is 75.3 Å². The largest absolute Gasteiger partial charge is 0.232 e. The fraction of sp³-hybridized carbons (Fsp3) is 1.00. The van der Waals surface area contributed by atoms with Gasteiger partial charge in [-0.05, 0) is 12.8 Å². The van der Waals surface area contributed by atoms with E-state index in [1.165, 1.54) is 19.3 Å². The molecule has 3 heteroatoms. The van der Waals surface area contributed by atoms with Gasteiger partial charge in [0.05, 0.1) is 4.83 Å². The van der Waals surface area contributed by atoms with Crippen molar-refractivity contribution in [2.75, 3.05) is 0 Å². The molecule has 0 radical (unpaired) electrons. The molecule has 0 spiro atoms. The van der Waals surface area contributed by atoms with Gasteiger partial charge in [0.25, 0.3) is 0 Å². The van der Waals surface area contributed by atoms with Gasteiger partial charge in [0.1, 0.15) is 12.2 Å². The fourth-order valence-electron chi connectivity index (χ4n) is 1.77. The zero-order valence-electron chi connectivity index (χ0n) is 6.46. The Kier molecular flexibility index (Phi) is 2.49. The molecule has 0 N–H and O–H groups in total. The minimum atomic E-state index is 0.306. The van der Waals surface area contributed by atoms with E-state index >= 15 is 0 Å². The molecular formula is C8H13BrO2. The highest BCUT2D eigenvalue weighted by atomic mass is 79.9. The first kappa shape index (κ1) is 8.02. The average molecular weight is 221 g/mol. The summed E-state index contributed by atoms with van der Waals surface area (Å²) in [6, 6.07) is 0. The van der Waals surface area contributed by atoms with E-state index in [-0.39, 0.29) is 0 Å². The van der Waals surface area contributed by atoms with Crippen LogP contribution in [-0.2, 0) is 9.78 Å². The van der Waals surface area contributed by atoms with E-state index in [0.29, 0.717) is 17.0 Å². The van der Waals surface area contributed by atoms with Crippen molar-refractivity contribution < 1.29 is 9.78 Å². The van der Waals surface area contributed by atoms with Gasteiger partial charge in [-0.15, -0.1) is 0 Å². The highest BCUT2D eigenvalue weighted by Crippen LogP contribution is 2.33. The van der Waals surface area contributed by atoms with E-state index in [9.17, 15) is 0 Å². The van der Waals surface area contributed by atoms with Crippen molar-refractivity contribution in [3.8, 4) is 0 Å². The van der Waals surface area contributed by atoms with Crippen molar-refractivity contribution in [3.63, 3.8) is 0 Å². The van der Waals surface area contributed by atoms with E-state index in [0.717, 1.165) is 12.8 Å². The number of hydrogen-bond donors (Lipinski definition) is 0. The smallest absolute Gasteiger partial charge is 0.108 e. The number of rotatable bonds is 0. The Morgan fingerprint density at radius 3 is 2.00 bits per heavy atom. The molecule has 3 atom stereocenters. The summed E-state index contributed by atoms with van der Waals surface area (Å²) in [4.78, 5) is 10.8. The van der Waals surface area contributed by atoms with Crippen molar-refractivity contribution in [3.05, 3.63) is 0 Å². The van der Waals surface area contributed by atoms with Crippen molar-refractivity contribution in [2.45, 2.75) is 49.1 Å². The third kappa shape index (κ3) is 1.60. The highest BCUT2D eigenvalue weighted by molar-refractivity contribution is 9.09. The molecule has 0 amide bonds. The molecule has 2 bridgehead atoms. The van der Waals surface area contributed by atoms with Gasteiger partial charge in [0.15, 0.2) is 0 Å². The molecule has 2 fully saturated rings. The average Bonchev–Trinajstić information content (AvgIpc) is 2.38.